The maximum Gasteiger partial charge on any atom is 0.290 e. The molecule has 3 unspecified atom stereocenters. The van der Waals surface area contributed by atoms with E-state index in [2.05, 4.69) is 20.2 Å². The molecule has 1 saturated heterocycles. The molecule has 2 aliphatic rings. The molecule has 86 valence electrons. The Bertz CT molecular complexity index is 444. The molecule has 0 spiro atoms. The van der Waals surface area contributed by atoms with Gasteiger partial charge in [0.25, 0.3) is 5.56 Å². The molecule has 1 aromatic rings. The van der Waals surface area contributed by atoms with E-state index in [1.165, 1.54) is 12.8 Å². The standard InChI is InChI=1S/C11H16N4O/c1-12-6-8-4-7-5-9(7)15(8)10-11(16)14-3-2-13-10/h2-3,7-9,12H,4-6H2,1H3,(H,14,16). The molecule has 1 saturated carbocycles. The van der Waals surface area contributed by atoms with E-state index in [-0.39, 0.29) is 5.56 Å². The molecule has 2 fully saturated rings. The Morgan fingerprint density at radius 1 is 1.62 bits per heavy atom. The molecule has 2 N–H and O–H groups in total. The van der Waals surface area contributed by atoms with Crippen LogP contribution >= 0.6 is 0 Å². The minimum absolute atomic E-state index is 0.0730. The van der Waals surface area contributed by atoms with Gasteiger partial charge in [0, 0.05) is 31.0 Å². The van der Waals surface area contributed by atoms with Crippen LogP contribution in [0.25, 0.3) is 0 Å². The van der Waals surface area contributed by atoms with Crippen molar-refractivity contribution in [1.29, 1.82) is 0 Å². The second kappa shape index (κ2) is 3.59. The summed E-state index contributed by atoms with van der Waals surface area (Å²) < 4.78 is 0. The van der Waals surface area contributed by atoms with Gasteiger partial charge in [-0.3, -0.25) is 4.79 Å². The highest BCUT2D eigenvalue weighted by atomic mass is 16.1. The van der Waals surface area contributed by atoms with Gasteiger partial charge in [-0.1, -0.05) is 0 Å². The lowest BCUT2D eigenvalue weighted by Gasteiger charge is -2.27. The summed E-state index contributed by atoms with van der Waals surface area (Å²) >= 11 is 0. The van der Waals surface area contributed by atoms with Crippen molar-refractivity contribution in [3.8, 4) is 0 Å². The number of H-pyrrole nitrogens is 1. The number of aromatic amines is 1. The quantitative estimate of drug-likeness (QED) is 0.750. The number of nitrogens with zero attached hydrogens (tertiary/aromatic N) is 2. The highest BCUT2D eigenvalue weighted by Crippen LogP contribution is 2.48. The van der Waals surface area contributed by atoms with Crippen molar-refractivity contribution >= 4 is 5.82 Å². The average molecular weight is 220 g/mol. The van der Waals surface area contributed by atoms with Crippen LogP contribution in [0.2, 0.25) is 0 Å². The molecule has 1 aromatic heterocycles. The van der Waals surface area contributed by atoms with E-state index in [4.69, 9.17) is 0 Å². The number of nitrogens with one attached hydrogen (secondary N) is 2. The number of rotatable bonds is 3. The summed E-state index contributed by atoms with van der Waals surface area (Å²) in [6.45, 7) is 0.920. The van der Waals surface area contributed by atoms with Gasteiger partial charge in [-0.15, -0.1) is 0 Å². The molecular weight excluding hydrogens is 204 g/mol. The van der Waals surface area contributed by atoms with E-state index in [9.17, 15) is 4.79 Å². The lowest BCUT2D eigenvalue weighted by molar-refractivity contribution is 0.559. The van der Waals surface area contributed by atoms with E-state index in [1.807, 2.05) is 7.05 Å². The van der Waals surface area contributed by atoms with Crippen molar-refractivity contribution in [2.45, 2.75) is 24.9 Å². The summed E-state index contributed by atoms with van der Waals surface area (Å²) in [5, 5.41) is 3.19. The Kier molecular flexibility index (Phi) is 2.21. The SMILES string of the molecule is CNCC1CC2CC2N1c1ncc[nH]c1=O. The number of hydrogen-bond acceptors (Lipinski definition) is 4. The van der Waals surface area contributed by atoms with E-state index >= 15 is 0 Å². The summed E-state index contributed by atoms with van der Waals surface area (Å²) in [5.74, 6) is 1.37. The molecular formula is C11H16N4O. The summed E-state index contributed by atoms with van der Waals surface area (Å²) in [6.07, 6.45) is 5.64. The fourth-order valence-corrected chi connectivity index (χ4v) is 2.83. The molecule has 0 bridgehead atoms. The topological polar surface area (TPSA) is 61.0 Å². The first kappa shape index (κ1) is 9.84. The maximum absolute atomic E-state index is 11.7. The molecule has 0 aromatic carbocycles. The zero-order chi connectivity index (χ0) is 11.1. The van der Waals surface area contributed by atoms with Gasteiger partial charge >= 0.3 is 0 Å². The molecule has 3 rings (SSSR count). The molecule has 0 amide bonds. The van der Waals surface area contributed by atoms with Crippen LogP contribution in [0.15, 0.2) is 17.2 Å². The summed E-state index contributed by atoms with van der Waals surface area (Å²) in [7, 11) is 1.95. The van der Waals surface area contributed by atoms with Crippen molar-refractivity contribution in [2.75, 3.05) is 18.5 Å². The van der Waals surface area contributed by atoms with Crippen LogP contribution in [0.3, 0.4) is 0 Å². The molecule has 3 atom stereocenters. The molecule has 5 heteroatoms. The second-order valence-corrected chi connectivity index (χ2v) is 4.66. The van der Waals surface area contributed by atoms with Crippen LogP contribution in [0.4, 0.5) is 5.82 Å². The fourth-order valence-electron chi connectivity index (χ4n) is 2.83. The van der Waals surface area contributed by atoms with Gasteiger partial charge in [0.15, 0.2) is 5.82 Å². The number of anilines is 1. The van der Waals surface area contributed by atoms with Crippen LogP contribution in [-0.2, 0) is 0 Å². The Labute approximate surface area is 93.9 Å². The summed E-state index contributed by atoms with van der Waals surface area (Å²) in [4.78, 5) is 20.9. The summed E-state index contributed by atoms with van der Waals surface area (Å²) in [5.41, 5.74) is -0.0730. The minimum atomic E-state index is -0.0730. The third kappa shape index (κ3) is 1.43. The minimum Gasteiger partial charge on any atom is -0.344 e. The highest BCUT2D eigenvalue weighted by Gasteiger charge is 2.52. The first-order valence-corrected chi connectivity index (χ1v) is 5.78. The Morgan fingerprint density at radius 2 is 2.50 bits per heavy atom. The monoisotopic (exact) mass is 220 g/mol. The zero-order valence-electron chi connectivity index (χ0n) is 9.31. The molecule has 16 heavy (non-hydrogen) atoms. The molecule has 1 aliphatic carbocycles. The second-order valence-electron chi connectivity index (χ2n) is 4.66. The van der Waals surface area contributed by atoms with Gasteiger partial charge in [-0.05, 0) is 25.8 Å². The Balaban J connectivity index is 1.92. The van der Waals surface area contributed by atoms with Crippen LogP contribution in [0, 0.1) is 5.92 Å². The van der Waals surface area contributed by atoms with Gasteiger partial charge < -0.3 is 15.2 Å². The van der Waals surface area contributed by atoms with Crippen molar-refractivity contribution in [1.82, 2.24) is 15.3 Å². The third-order valence-corrected chi connectivity index (χ3v) is 3.58. The first-order valence-electron chi connectivity index (χ1n) is 5.78. The van der Waals surface area contributed by atoms with E-state index in [0.717, 1.165) is 12.5 Å². The third-order valence-electron chi connectivity index (χ3n) is 3.58. The lowest BCUT2D eigenvalue weighted by Crippen LogP contribution is -2.42. The van der Waals surface area contributed by atoms with Crippen LogP contribution < -0.4 is 15.8 Å². The highest BCUT2D eigenvalue weighted by molar-refractivity contribution is 5.44. The number of likely N-dealkylation sites (N-methyl/N-ethyl adjacent to an activating group) is 1. The van der Waals surface area contributed by atoms with E-state index in [1.54, 1.807) is 12.4 Å². The molecule has 0 radical (unpaired) electrons. The van der Waals surface area contributed by atoms with Gasteiger partial charge in [0.1, 0.15) is 0 Å². The Hall–Kier alpha value is -1.36. The van der Waals surface area contributed by atoms with Gasteiger partial charge in [-0.25, -0.2) is 4.98 Å². The normalized spacial score (nSPS) is 31.6. The van der Waals surface area contributed by atoms with Gasteiger partial charge in [0.05, 0.1) is 0 Å². The largest absolute Gasteiger partial charge is 0.344 e. The van der Waals surface area contributed by atoms with Crippen LogP contribution in [0.5, 0.6) is 0 Å². The maximum atomic E-state index is 11.7. The van der Waals surface area contributed by atoms with E-state index < -0.39 is 0 Å². The number of fused-ring (bicyclic) bond motifs is 1. The van der Waals surface area contributed by atoms with Gasteiger partial charge in [-0.2, -0.15) is 0 Å². The van der Waals surface area contributed by atoms with Crippen molar-refractivity contribution < 1.29 is 0 Å². The van der Waals surface area contributed by atoms with Crippen molar-refractivity contribution in [3.05, 3.63) is 22.7 Å². The molecule has 2 heterocycles. The zero-order valence-corrected chi connectivity index (χ0v) is 9.31. The lowest BCUT2D eigenvalue weighted by atomic mass is 10.1. The van der Waals surface area contributed by atoms with Crippen LogP contribution in [-0.4, -0.2) is 35.6 Å². The van der Waals surface area contributed by atoms with Crippen molar-refractivity contribution in [3.63, 3.8) is 0 Å². The van der Waals surface area contributed by atoms with Gasteiger partial charge in [0.2, 0.25) is 0 Å². The van der Waals surface area contributed by atoms with E-state index in [0.29, 0.717) is 17.9 Å². The predicted octanol–water partition coefficient (Wildman–Crippen LogP) is -0.0435. The summed E-state index contributed by atoms with van der Waals surface area (Å²) in [6, 6.07) is 0.971. The Morgan fingerprint density at radius 3 is 3.25 bits per heavy atom. The predicted molar refractivity (Wildman–Crippen MR) is 61.6 cm³/mol. The number of hydrogen-bond donors (Lipinski definition) is 2. The first-order chi connectivity index (χ1) is 7.81. The molecule has 5 nitrogen and oxygen atoms in total. The average Bonchev–Trinajstić information content (AvgIpc) is 2.94. The number of piperidine rings is 1. The fraction of sp³-hybridized carbons (Fsp3) is 0.636. The number of aromatic nitrogens is 2. The van der Waals surface area contributed by atoms with Crippen molar-refractivity contribution in [2.24, 2.45) is 5.92 Å². The van der Waals surface area contributed by atoms with Crippen LogP contribution in [0.1, 0.15) is 12.8 Å². The molecule has 1 aliphatic heterocycles. The smallest absolute Gasteiger partial charge is 0.290 e.